The van der Waals surface area contributed by atoms with Gasteiger partial charge in [0.15, 0.2) is 5.78 Å². The molecule has 0 aliphatic heterocycles. The van der Waals surface area contributed by atoms with Crippen LogP contribution in [-0.4, -0.2) is 46.0 Å². The fourth-order valence-corrected chi connectivity index (χ4v) is 5.14. The number of nitrogens with one attached hydrogen (secondary N) is 2. The first kappa shape index (κ1) is 30.7. The number of ketones is 1. The van der Waals surface area contributed by atoms with Crippen molar-refractivity contribution < 1.29 is 36.3 Å². The summed E-state index contributed by atoms with van der Waals surface area (Å²) in [6.07, 6.45) is 0. The molecule has 0 spiro atoms. The Morgan fingerprint density at radius 2 is 1.29 bits per heavy atom. The molecular formula is C28H24AsN3O9. The van der Waals surface area contributed by atoms with Crippen LogP contribution in [0.3, 0.4) is 0 Å². The number of hydrogen-bond acceptors (Lipinski definition) is 8. The topological polar surface area (TPSA) is 185 Å². The maximum atomic E-state index is 12.3. The van der Waals surface area contributed by atoms with Gasteiger partial charge in [-0.05, 0) is 36.4 Å². The largest absolute Gasteiger partial charge is 0.322 e. The predicted octanol–water partition coefficient (Wildman–Crippen LogP) is 3.78. The van der Waals surface area contributed by atoms with Crippen molar-refractivity contribution in [3.8, 4) is 0 Å². The van der Waals surface area contributed by atoms with Crippen molar-refractivity contribution in [2.75, 3.05) is 10.6 Å². The second-order valence-electron chi connectivity index (χ2n) is 8.34. The number of carbonyl (C=O) groups excluding carboxylic acids is 3. The van der Waals surface area contributed by atoms with Gasteiger partial charge in [-0.2, -0.15) is 0 Å². The molecule has 1 unspecified atom stereocenters. The second-order valence-corrected chi connectivity index (χ2v) is 11.9. The summed E-state index contributed by atoms with van der Waals surface area (Å²) in [6, 6.07) is 28.1. The summed E-state index contributed by atoms with van der Waals surface area (Å²) in [5.41, 5.74) is 1.86. The van der Waals surface area contributed by atoms with Gasteiger partial charge >= 0.3 is 103 Å². The Balaban J connectivity index is 0.000000233. The molecule has 0 saturated heterocycles. The van der Waals surface area contributed by atoms with Gasteiger partial charge in [0.1, 0.15) is 0 Å². The van der Waals surface area contributed by atoms with Gasteiger partial charge in [0.2, 0.25) is 0 Å². The van der Waals surface area contributed by atoms with E-state index in [4.69, 9.17) is 5.26 Å². The van der Waals surface area contributed by atoms with E-state index in [0.717, 1.165) is 12.1 Å². The van der Waals surface area contributed by atoms with E-state index in [0.29, 0.717) is 22.4 Å². The number of rotatable bonds is 8. The molecule has 4 aromatic rings. The van der Waals surface area contributed by atoms with E-state index < -0.39 is 35.0 Å². The van der Waals surface area contributed by atoms with Crippen LogP contribution >= 0.6 is 0 Å². The van der Waals surface area contributed by atoms with E-state index in [1.807, 2.05) is 36.4 Å². The Morgan fingerprint density at radius 3 is 1.80 bits per heavy atom. The third-order valence-corrected chi connectivity index (χ3v) is 7.92. The maximum Gasteiger partial charge on any atom is 0.255 e. The molecule has 4 aromatic carbocycles. The summed E-state index contributed by atoms with van der Waals surface area (Å²) >= 11 is -5.33. The number of amides is 2. The van der Waals surface area contributed by atoms with E-state index in [1.54, 1.807) is 48.5 Å². The number of benzene rings is 4. The van der Waals surface area contributed by atoms with Gasteiger partial charge in [-0.3, -0.25) is 9.59 Å². The molecular weight excluding hydrogens is 597 g/mol. The number of hydrogen-bond donors (Lipinski definition) is 4. The average molecular weight is 621 g/mol. The second kappa shape index (κ2) is 14.0. The molecule has 210 valence electrons. The van der Waals surface area contributed by atoms with Gasteiger partial charge in [-0.15, -0.1) is 0 Å². The molecule has 41 heavy (non-hydrogen) atoms. The minimum Gasteiger partial charge on any atom is -0.322 e. The molecule has 0 aliphatic carbocycles. The van der Waals surface area contributed by atoms with Crippen LogP contribution < -0.4 is 15.0 Å². The summed E-state index contributed by atoms with van der Waals surface area (Å²) in [6.45, 7) is 1.21. The molecule has 0 aliphatic rings. The van der Waals surface area contributed by atoms with Crippen LogP contribution in [0.2, 0.25) is 0 Å². The SMILES string of the molecule is CC(=O)Nc1ccc([As](=O)(O)OO)c([N+](=O)[O-])c1.O=C(Nc1ccc(C(=O)c2ccccc2)cc1)c1ccccc1. The van der Waals surface area contributed by atoms with Crippen LogP contribution in [0.5, 0.6) is 0 Å². The van der Waals surface area contributed by atoms with Crippen LogP contribution in [0.1, 0.15) is 33.2 Å². The van der Waals surface area contributed by atoms with E-state index in [2.05, 4.69) is 14.5 Å². The zero-order valence-electron chi connectivity index (χ0n) is 21.5. The monoisotopic (exact) mass is 621 g/mol. The molecule has 13 heteroatoms. The first-order valence-corrected chi connectivity index (χ1v) is 15.1. The summed E-state index contributed by atoms with van der Waals surface area (Å²) in [7, 11) is 0. The zero-order valence-corrected chi connectivity index (χ0v) is 23.3. The molecule has 4 rings (SSSR count). The van der Waals surface area contributed by atoms with Crippen molar-refractivity contribution in [2.24, 2.45) is 0 Å². The van der Waals surface area contributed by atoms with Gasteiger partial charge in [0.25, 0.3) is 5.91 Å². The first-order chi connectivity index (χ1) is 19.5. The Kier molecular flexibility index (Phi) is 10.4. The van der Waals surface area contributed by atoms with E-state index >= 15 is 0 Å². The van der Waals surface area contributed by atoms with Crippen molar-refractivity contribution in [1.82, 2.24) is 0 Å². The van der Waals surface area contributed by atoms with Crippen molar-refractivity contribution in [1.29, 1.82) is 0 Å². The third-order valence-electron chi connectivity index (χ3n) is 5.38. The number of carbonyl (C=O) groups is 3. The van der Waals surface area contributed by atoms with Crippen LogP contribution in [0.15, 0.2) is 103 Å². The summed E-state index contributed by atoms with van der Waals surface area (Å²) in [5, 5.41) is 24.1. The van der Waals surface area contributed by atoms with Crippen molar-refractivity contribution >= 4 is 53.2 Å². The number of nitrogens with zero attached hydrogens (tertiary/aromatic N) is 1. The molecule has 1 atom stereocenters. The average Bonchev–Trinajstić information content (AvgIpc) is 2.98. The normalized spacial score (nSPS) is 11.7. The van der Waals surface area contributed by atoms with Gasteiger partial charge in [-0.25, -0.2) is 0 Å². The predicted molar refractivity (Wildman–Crippen MR) is 150 cm³/mol. The Bertz CT molecular complexity index is 1600. The number of anilines is 2. The minimum absolute atomic E-state index is 0.0356. The fourth-order valence-electron chi connectivity index (χ4n) is 3.49. The van der Waals surface area contributed by atoms with Crippen molar-refractivity contribution in [2.45, 2.75) is 6.92 Å². The Morgan fingerprint density at radius 1 is 0.780 bits per heavy atom. The molecule has 0 heterocycles. The third kappa shape index (κ3) is 8.56. The van der Waals surface area contributed by atoms with Gasteiger partial charge < -0.3 is 5.32 Å². The van der Waals surface area contributed by atoms with Crippen LogP contribution in [0, 0.1) is 10.1 Å². The fraction of sp³-hybridized carbons (Fsp3) is 0.0357. The van der Waals surface area contributed by atoms with Crippen LogP contribution in [0.25, 0.3) is 0 Å². The van der Waals surface area contributed by atoms with Crippen molar-refractivity contribution in [3.05, 3.63) is 130 Å². The quantitative estimate of drug-likeness (QED) is 0.0747. The molecule has 4 N–H and O–H groups in total. The Labute approximate surface area is 236 Å². The molecule has 0 radical (unpaired) electrons. The molecule has 12 nitrogen and oxygen atoms in total. The molecule has 0 bridgehead atoms. The molecule has 2 amide bonds. The van der Waals surface area contributed by atoms with Crippen LogP contribution in [-0.2, 0) is 12.4 Å². The summed E-state index contributed by atoms with van der Waals surface area (Å²) in [5.74, 6) is -0.660. The Hall–Kier alpha value is -4.87. The number of nitro benzene ring substituents is 1. The summed E-state index contributed by atoms with van der Waals surface area (Å²) < 4.78 is 23.4. The van der Waals surface area contributed by atoms with Crippen LogP contribution in [0.4, 0.5) is 17.1 Å². The molecule has 0 fully saturated rings. The molecule has 0 aromatic heterocycles. The van der Waals surface area contributed by atoms with Gasteiger partial charge in [0, 0.05) is 22.4 Å². The molecule has 0 saturated carbocycles. The van der Waals surface area contributed by atoms with E-state index in [9.17, 15) is 32.3 Å². The van der Waals surface area contributed by atoms with E-state index in [-0.39, 0.29) is 17.4 Å². The first-order valence-electron chi connectivity index (χ1n) is 11.8. The standard InChI is InChI=1S/C20H15NO2.C8H9AsN2O7/c22-19(15-7-3-1-4-8-15)16-11-13-18(14-12-16)21-20(23)17-9-5-2-6-10-17;1-5(12)10-6-2-3-7(9(13,14)18-17)8(4-6)11(15)16/h1-14H,(H,21,23);2-4,17H,1H3,(H,10,12)(H,13,14). The van der Waals surface area contributed by atoms with E-state index in [1.165, 1.54) is 13.0 Å². The smallest absolute Gasteiger partial charge is 0.255 e. The maximum absolute atomic E-state index is 12.3. The van der Waals surface area contributed by atoms with Crippen molar-refractivity contribution in [3.63, 3.8) is 0 Å². The summed E-state index contributed by atoms with van der Waals surface area (Å²) in [4.78, 5) is 45.0. The number of nitro groups is 1. The van der Waals surface area contributed by atoms with Gasteiger partial charge in [0.05, 0.1) is 0 Å². The minimum atomic E-state index is -5.33. The van der Waals surface area contributed by atoms with Gasteiger partial charge in [-0.1, -0.05) is 48.5 Å². The zero-order chi connectivity index (χ0) is 30.0.